The topological polar surface area (TPSA) is 50.8 Å². The Kier molecular flexibility index (Phi) is 6.93. The summed E-state index contributed by atoms with van der Waals surface area (Å²) < 4.78 is 11.1. The largest absolute Gasteiger partial charge is 0.465 e. The molecule has 5 heteroatoms. The van der Waals surface area contributed by atoms with E-state index >= 15 is 0 Å². The molecule has 0 spiro atoms. The molecule has 1 heterocycles. The van der Waals surface area contributed by atoms with Crippen molar-refractivity contribution in [3.05, 3.63) is 0 Å². The SMILES string of the molecule is CCNC(CCN1CCOC2CCCCC21)C(=O)OCC. The Hall–Kier alpha value is -0.650. The van der Waals surface area contributed by atoms with Crippen LogP contribution in [0.2, 0.25) is 0 Å². The highest BCUT2D eigenvalue weighted by Gasteiger charge is 2.34. The molecule has 2 rings (SSSR count). The fourth-order valence-corrected chi connectivity index (χ4v) is 3.54. The third-order valence-corrected chi connectivity index (χ3v) is 4.57. The highest BCUT2D eigenvalue weighted by Crippen LogP contribution is 2.28. The Morgan fingerprint density at radius 1 is 1.38 bits per heavy atom. The molecular weight excluding hydrogens is 268 g/mol. The number of esters is 1. The first-order valence-electron chi connectivity index (χ1n) is 8.52. The molecule has 1 saturated carbocycles. The van der Waals surface area contributed by atoms with E-state index in [1.165, 1.54) is 25.7 Å². The lowest BCUT2D eigenvalue weighted by molar-refractivity contribution is -0.146. The molecule has 0 radical (unpaired) electrons. The third-order valence-electron chi connectivity index (χ3n) is 4.57. The molecule has 3 atom stereocenters. The Balaban J connectivity index is 1.85. The highest BCUT2D eigenvalue weighted by molar-refractivity contribution is 5.75. The van der Waals surface area contributed by atoms with Gasteiger partial charge in [0.15, 0.2) is 0 Å². The number of hydrogen-bond acceptors (Lipinski definition) is 5. The normalized spacial score (nSPS) is 27.9. The van der Waals surface area contributed by atoms with Crippen molar-refractivity contribution >= 4 is 5.97 Å². The second-order valence-corrected chi connectivity index (χ2v) is 5.95. The molecule has 5 nitrogen and oxygen atoms in total. The third kappa shape index (κ3) is 4.66. The summed E-state index contributed by atoms with van der Waals surface area (Å²) in [6.07, 6.45) is 6.24. The van der Waals surface area contributed by atoms with Gasteiger partial charge < -0.3 is 14.8 Å². The molecule has 1 aliphatic heterocycles. The number of ether oxygens (including phenoxy) is 2. The van der Waals surface area contributed by atoms with Gasteiger partial charge in [0.25, 0.3) is 0 Å². The van der Waals surface area contributed by atoms with E-state index in [1.807, 2.05) is 13.8 Å². The van der Waals surface area contributed by atoms with E-state index in [4.69, 9.17) is 9.47 Å². The lowest BCUT2D eigenvalue weighted by atomic mass is 9.90. The standard InChI is InChI=1S/C16H30N2O3/c1-3-17-13(16(19)20-4-2)9-10-18-11-12-21-15-8-6-5-7-14(15)18/h13-15,17H,3-12H2,1-2H3. The number of fused-ring (bicyclic) bond motifs is 1. The van der Waals surface area contributed by atoms with Crippen molar-refractivity contribution in [2.45, 2.75) is 64.1 Å². The summed E-state index contributed by atoms with van der Waals surface area (Å²) in [6, 6.07) is 0.372. The maximum Gasteiger partial charge on any atom is 0.323 e. The maximum absolute atomic E-state index is 12.0. The Bertz CT molecular complexity index is 323. The quantitative estimate of drug-likeness (QED) is 0.723. The van der Waals surface area contributed by atoms with Crippen molar-refractivity contribution in [2.75, 3.05) is 32.8 Å². The van der Waals surface area contributed by atoms with Gasteiger partial charge in [0.05, 0.1) is 19.3 Å². The van der Waals surface area contributed by atoms with Gasteiger partial charge in [-0.3, -0.25) is 9.69 Å². The Labute approximate surface area is 128 Å². The lowest BCUT2D eigenvalue weighted by Crippen LogP contribution is -2.53. The summed E-state index contributed by atoms with van der Waals surface area (Å²) in [5.41, 5.74) is 0. The summed E-state index contributed by atoms with van der Waals surface area (Å²) >= 11 is 0. The zero-order valence-electron chi connectivity index (χ0n) is 13.5. The average Bonchev–Trinajstić information content (AvgIpc) is 2.51. The summed E-state index contributed by atoms with van der Waals surface area (Å²) in [4.78, 5) is 14.5. The van der Waals surface area contributed by atoms with E-state index < -0.39 is 0 Å². The molecule has 0 aromatic carbocycles. The van der Waals surface area contributed by atoms with Gasteiger partial charge in [-0.05, 0) is 32.7 Å². The van der Waals surface area contributed by atoms with Crippen molar-refractivity contribution in [3.8, 4) is 0 Å². The number of likely N-dealkylation sites (N-methyl/N-ethyl adjacent to an activating group) is 1. The molecule has 3 unspecified atom stereocenters. The minimum atomic E-state index is -0.181. The first-order valence-corrected chi connectivity index (χ1v) is 8.52. The van der Waals surface area contributed by atoms with Crippen LogP contribution in [0.4, 0.5) is 0 Å². The number of carbonyl (C=O) groups is 1. The molecule has 0 amide bonds. The second-order valence-electron chi connectivity index (χ2n) is 5.95. The van der Waals surface area contributed by atoms with Crippen LogP contribution in [-0.2, 0) is 14.3 Å². The summed E-state index contributed by atoms with van der Waals surface area (Å²) in [5, 5.41) is 3.25. The van der Waals surface area contributed by atoms with E-state index in [1.54, 1.807) is 0 Å². The Morgan fingerprint density at radius 3 is 2.95 bits per heavy atom. The zero-order chi connectivity index (χ0) is 15.1. The van der Waals surface area contributed by atoms with Gasteiger partial charge in [-0.15, -0.1) is 0 Å². The highest BCUT2D eigenvalue weighted by atomic mass is 16.5. The van der Waals surface area contributed by atoms with Crippen molar-refractivity contribution in [3.63, 3.8) is 0 Å². The van der Waals surface area contributed by atoms with Crippen LogP contribution in [0.15, 0.2) is 0 Å². The van der Waals surface area contributed by atoms with Crippen LogP contribution in [0.5, 0.6) is 0 Å². The van der Waals surface area contributed by atoms with Crippen LogP contribution >= 0.6 is 0 Å². The van der Waals surface area contributed by atoms with E-state index in [-0.39, 0.29) is 12.0 Å². The molecule has 0 aromatic heterocycles. The van der Waals surface area contributed by atoms with Gasteiger partial charge in [-0.25, -0.2) is 0 Å². The van der Waals surface area contributed by atoms with Crippen LogP contribution in [0.25, 0.3) is 0 Å². The van der Waals surface area contributed by atoms with Gasteiger partial charge in [0, 0.05) is 19.1 Å². The Morgan fingerprint density at radius 2 is 2.19 bits per heavy atom. The maximum atomic E-state index is 12.0. The van der Waals surface area contributed by atoms with E-state index in [2.05, 4.69) is 10.2 Å². The van der Waals surface area contributed by atoms with E-state index in [0.717, 1.165) is 32.7 Å². The van der Waals surface area contributed by atoms with Crippen LogP contribution < -0.4 is 5.32 Å². The number of nitrogens with one attached hydrogen (secondary N) is 1. The van der Waals surface area contributed by atoms with Crippen LogP contribution in [-0.4, -0.2) is 61.9 Å². The van der Waals surface area contributed by atoms with Gasteiger partial charge in [-0.1, -0.05) is 19.8 Å². The molecule has 1 aliphatic carbocycles. The summed E-state index contributed by atoms with van der Waals surface area (Å²) in [5.74, 6) is -0.118. The van der Waals surface area contributed by atoms with Crippen molar-refractivity contribution in [2.24, 2.45) is 0 Å². The molecule has 1 saturated heterocycles. The van der Waals surface area contributed by atoms with E-state index in [0.29, 0.717) is 18.8 Å². The number of hydrogen-bond donors (Lipinski definition) is 1. The lowest BCUT2D eigenvalue weighted by Gasteiger charge is -2.44. The summed E-state index contributed by atoms with van der Waals surface area (Å²) in [7, 11) is 0. The van der Waals surface area contributed by atoms with Crippen molar-refractivity contribution in [1.82, 2.24) is 10.2 Å². The number of nitrogens with zero attached hydrogens (tertiary/aromatic N) is 1. The minimum absolute atomic E-state index is 0.118. The fourth-order valence-electron chi connectivity index (χ4n) is 3.54. The minimum Gasteiger partial charge on any atom is -0.465 e. The predicted molar refractivity (Wildman–Crippen MR) is 82.3 cm³/mol. The van der Waals surface area contributed by atoms with Crippen LogP contribution in [0.3, 0.4) is 0 Å². The molecule has 2 fully saturated rings. The molecule has 0 aromatic rings. The predicted octanol–water partition coefficient (Wildman–Crippen LogP) is 1.56. The molecule has 21 heavy (non-hydrogen) atoms. The van der Waals surface area contributed by atoms with E-state index in [9.17, 15) is 4.79 Å². The summed E-state index contributed by atoms with van der Waals surface area (Å²) in [6.45, 7) is 7.88. The molecular formula is C16H30N2O3. The monoisotopic (exact) mass is 298 g/mol. The zero-order valence-corrected chi connectivity index (χ0v) is 13.5. The molecule has 122 valence electrons. The van der Waals surface area contributed by atoms with Gasteiger partial charge >= 0.3 is 5.97 Å². The van der Waals surface area contributed by atoms with Crippen LogP contribution in [0, 0.1) is 0 Å². The first-order chi connectivity index (χ1) is 10.3. The van der Waals surface area contributed by atoms with Gasteiger partial charge in [0.2, 0.25) is 0 Å². The number of rotatable bonds is 7. The molecule has 2 aliphatic rings. The van der Waals surface area contributed by atoms with Gasteiger partial charge in [0.1, 0.15) is 6.04 Å². The number of morpholine rings is 1. The van der Waals surface area contributed by atoms with Gasteiger partial charge in [-0.2, -0.15) is 0 Å². The first kappa shape index (κ1) is 16.7. The second kappa shape index (κ2) is 8.71. The smallest absolute Gasteiger partial charge is 0.323 e. The van der Waals surface area contributed by atoms with Crippen molar-refractivity contribution < 1.29 is 14.3 Å². The molecule has 0 bridgehead atoms. The fraction of sp³-hybridized carbons (Fsp3) is 0.938. The average molecular weight is 298 g/mol. The van der Waals surface area contributed by atoms with Crippen LogP contribution in [0.1, 0.15) is 46.0 Å². The van der Waals surface area contributed by atoms with Crippen molar-refractivity contribution in [1.29, 1.82) is 0 Å². The number of carbonyl (C=O) groups excluding carboxylic acids is 1. The molecule has 1 N–H and O–H groups in total.